The minimum absolute atomic E-state index is 0.317. The highest BCUT2D eigenvalue weighted by molar-refractivity contribution is 5.78. The van der Waals surface area contributed by atoms with Crippen molar-refractivity contribution in [3.8, 4) is 11.5 Å². The molecular formula is C15H24N4O2. The first-order chi connectivity index (χ1) is 10.2. The molecule has 6 heteroatoms. The van der Waals surface area contributed by atoms with Crippen LogP contribution in [0.25, 0.3) is 0 Å². The maximum Gasteiger partial charge on any atom is 0.188 e. The van der Waals surface area contributed by atoms with Gasteiger partial charge in [-0.05, 0) is 13.3 Å². The normalized spacial score (nSPS) is 18.7. The molecule has 1 fully saturated rings. The fourth-order valence-corrected chi connectivity index (χ4v) is 2.51. The molecule has 1 unspecified atom stereocenters. The van der Waals surface area contributed by atoms with Crippen LogP contribution >= 0.6 is 0 Å². The molecule has 1 aromatic rings. The molecule has 0 aliphatic carbocycles. The summed E-state index contributed by atoms with van der Waals surface area (Å²) in [4.78, 5) is 6.46. The summed E-state index contributed by atoms with van der Waals surface area (Å²) in [5.41, 5.74) is 6.92. The van der Waals surface area contributed by atoms with Crippen molar-refractivity contribution in [3.63, 3.8) is 0 Å². The highest BCUT2D eigenvalue weighted by Crippen LogP contribution is 2.30. The first-order valence-corrected chi connectivity index (χ1v) is 7.20. The van der Waals surface area contributed by atoms with Crippen molar-refractivity contribution >= 4 is 11.6 Å². The summed E-state index contributed by atoms with van der Waals surface area (Å²) in [6.45, 7) is 4.52. The zero-order valence-corrected chi connectivity index (χ0v) is 12.9. The maximum absolute atomic E-state index is 5.82. The number of guanidine groups is 1. The molecule has 116 valence electrons. The van der Waals surface area contributed by atoms with Gasteiger partial charge in [-0.1, -0.05) is 0 Å². The van der Waals surface area contributed by atoms with Crippen LogP contribution in [0.4, 0.5) is 5.69 Å². The Hall–Kier alpha value is -2.11. The van der Waals surface area contributed by atoms with E-state index in [0.29, 0.717) is 18.5 Å². The summed E-state index contributed by atoms with van der Waals surface area (Å²) in [5.74, 6) is 2.12. The molecule has 6 nitrogen and oxygen atoms in total. The Bertz CT molecular complexity index is 482. The van der Waals surface area contributed by atoms with Crippen LogP contribution in [0.1, 0.15) is 13.3 Å². The molecule has 1 aliphatic rings. The average molecular weight is 292 g/mol. The van der Waals surface area contributed by atoms with Crippen molar-refractivity contribution in [2.45, 2.75) is 19.4 Å². The lowest BCUT2D eigenvalue weighted by Gasteiger charge is -2.20. The number of hydrogen-bond donors (Lipinski definition) is 2. The molecule has 21 heavy (non-hydrogen) atoms. The Morgan fingerprint density at radius 2 is 2.00 bits per heavy atom. The second kappa shape index (κ2) is 7.06. The van der Waals surface area contributed by atoms with Gasteiger partial charge in [0.15, 0.2) is 5.96 Å². The number of methoxy groups -OCH3 is 2. The van der Waals surface area contributed by atoms with E-state index in [1.807, 2.05) is 25.1 Å². The number of nitrogens with one attached hydrogen (secondary N) is 1. The van der Waals surface area contributed by atoms with Crippen LogP contribution in [-0.4, -0.2) is 45.9 Å². The monoisotopic (exact) mass is 292 g/mol. The Morgan fingerprint density at radius 3 is 2.57 bits per heavy atom. The smallest absolute Gasteiger partial charge is 0.188 e. The van der Waals surface area contributed by atoms with Gasteiger partial charge in [0.2, 0.25) is 0 Å². The second-order valence-corrected chi connectivity index (χ2v) is 5.01. The molecule has 1 heterocycles. The van der Waals surface area contributed by atoms with E-state index < -0.39 is 0 Å². The Kier molecular flexibility index (Phi) is 5.14. The van der Waals surface area contributed by atoms with Gasteiger partial charge in [0, 0.05) is 49.6 Å². The Morgan fingerprint density at radius 1 is 1.33 bits per heavy atom. The van der Waals surface area contributed by atoms with Gasteiger partial charge >= 0.3 is 0 Å². The standard InChI is InChI=1S/C15H24N4O2/c1-4-17-15(16)18-11-5-6-19(10-11)12-7-13(20-2)9-14(8-12)21-3/h7-9,11H,4-6,10H2,1-3H3,(H3,16,17,18). The van der Waals surface area contributed by atoms with E-state index in [9.17, 15) is 0 Å². The summed E-state index contributed by atoms with van der Waals surface area (Å²) in [5, 5.41) is 3.26. The first kappa shape index (κ1) is 15.3. The highest BCUT2D eigenvalue weighted by atomic mass is 16.5. The van der Waals surface area contributed by atoms with E-state index in [1.165, 1.54) is 0 Å². The van der Waals surface area contributed by atoms with E-state index in [4.69, 9.17) is 15.2 Å². The summed E-state index contributed by atoms with van der Waals surface area (Å²) in [7, 11) is 3.32. The molecule has 0 radical (unpaired) electrons. The number of benzene rings is 1. The fourth-order valence-electron chi connectivity index (χ4n) is 2.51. The molecule has 1 aromatic carbocycles. The third-order valence-electron chi connectivity index (χ3n) is 3.57. The van der Waals surface area contributed by atoms with E-state index in [1.54, 1.807) is 14.2 Å². The molecule has 1 aliphatic heterocycles. The van der Waals surface area contributed by atoms with Crippen molar-refractivity contribution in [3.05, 3.63) is 18.2 Å². The largest absolute Gasteiger partial charge is 0.497 e. The van der Waals surface area contributed by atoms with Crippen molar-refractivity contribution in [2.24, 2.45) is 10.7 Å². The van der Waals surface area contributed by atoms with Crippen molar-refractivity contribution < 1.29 is 9.47 Å². The van der Waals surface area contributed by atoms with Gasteiger partial charge in [0.1, 0.15) is 11.5 Å². The van der Waals surface area contributed by atoms with Crippen LogP contribution in [0.3, 0.4) is 0 Å². The van der Waals surface area contributed by atoms with E-state index in [0.717, 1.165) is 36.7 Å². The number of aliphatic imine (C=N–C) groups is 1. The van der Waals surface area contributed by atoms with Crippen LogP contribution in [0.2, 0.25) is 0 Å². The van der Waals surface area contributed by atoms with E-state index in [2.05, 4.69) is 15.2 Å². The zero-order chi connectivity index (χ0) is 15.2. The van der Waals surface area contributed by atoms with Crippen LogP contribution < -0.4 is 25.4 Å². The van der Waals surface area contributed by atoms with Crippen LogP contribution in [0.15, 0.2) is 23.2 Å². The SMILES string of the molecule is CCN=C(N)NC1CCN(c2cc(OC)cc(OC)c2)C1. The zero-order valence-electron chi connectivity index (χ0n) is 12.9. The molecular weight excluding hydrogens is 268 g/mol. The summed E-state index contributed by atoms with van der Waals surface area (Å²) < 4.78 is 10.6. The number of nitrogens with zero attached hydrogens (tertiary/aromatic N) is 2. The molecule has 3 N–H and O–H groups in total. The maximum atomic E-state index is 5.82. The van der Waals surface area contributed by atoms with Crippen molar-refractivity contribution in [2.75, 3.05) is 38.8 Å². The van der Waals surface area contributed by atoms with Crippen LogP contribution in [0, 0.1) is 0 Å². The summed E-state index contributed by atoms with van der Waals surface area (Å²) in [6, 6.07) is 6.24. The molecule has 0 spiro atoms. The van der Waals surface area contributed by atoms with Crippen LogP contribution in [-0.2, 0) is 0 Å². The Balaban J connectivity index is 2.05. The van der Waals surface area contributed by atoms with Crippen LogP contribution in [0.5, 0.6) is 11.5 Å². The minimum atomic E-state index is 0.317. The summed E-state index contributed by atoms with van der Waals surface area (Å²) in [6.07, 6.45) is 1.03. The molecule has 1 atom stereocenters. The molecule has 0 aromatic heterocycles. The van der Waals surface area contributed by atoms with E-state index in [-0.39, 0.29) is 0 Å². The van der Waals surface area contributed by atoms with Gasteiger partial charge in [0.25, 0.3) is 0 Å². The van der Waals surface area contributed by atoms with Crippen molar-refractivity contribution in [1.29, 1.82) is 0 Å². The van der Waals surface area contributed by atoms with Gasteiger partial charge in [-0.2, -0.15) is 0 Å². The van der Waals surface area contributed by atoms with Gasteiger partial charge in [0.05, 0.1) is 14.2 Å². The van der Waals surface area contributed by atoms with Crippen molar-refractivity contribution in [1.82, 2.24) is 5.32 Å². The lowest BCUT2D eigenvalue weighted by molar-refractivity contribution is 0.394. The number of rotatable bonds is 5. The predicted molar refractivity (Wildman–Crippen MR) is 85.5 cm³/mol. The number of nitrogens with two attached hydrogens (primary N) is 1. The minimum Gasteiger partial charge on any atom is -0.497 e. The Labute approximate surface area is 125 Å². The number of ether oxygens (including phenoxy) is 2. The lowest BCUT2D eigenvalue weighted by atomic mass is 10.2. The molecule has 0 saturated carbocycles. The number of hydrogen-bond acceptors (Lipinski definition) is 4. The molecule has 1 saturated heterocycles. The average Bonchev–Trinajstić information content (AvgIpc) is 2.95. The second-order valence-electron chi connectivity index (χ2n) is 5.01. The van der Waals surface area contributed by atoms with E-state index >= 15 is 0 Å². The summed E-state index contributed by atoms with van der Waals surface area (Å²) >= 11 is 0. The van der Waals surface area contributed by atoms with Gasteiger partial charge in [-0.15, -0.1) is 0 Å². The van der Waals surface area contributed by atoms with Gasteiger partial charge in [-0.25, -0.2) is 0 Å². The highest BCUT2D eigenvalue weighted by Gasteiger charge is 2.23. The first-order valence-electron chi connectivity index (χ1n) is 7.20. The molecule has 0 bridgehead atoms. The fraction of sp³-hybridized carbons (Fsp3) is 0.533. The quantitative estimate of drug-likeness (QED) is 0.630. The lowest BCUT2D eigenvalue weighted by Crippen LogP contribution is -2.41. The molecule has 0 amide bonds. The third kappa shape index (κ3) is 3.93. The predicted octanol–water partition coefficient (Wildman–Crippen LogP) is 1.21. The van der Waals surface area contributed by atoms with Gasteiger partial charge in [-0.3, -0.25) is 4.99 Å². The molecule has 2 rings (SSSR count). The number of anilines is 1. The van der Waals surface area contributed by atoms with Gasteiger partial charge < -0.3 is 25.4 Å². The topological polar surface area (TPSA) is 72.1 Å². The third-order valence-corrected chi connectivity index (χ3v) is 3.57.